The van der Waals surface area contributed by atoms with Crippen LogP contribution >= 0.6 is 69.6 Å². The van der Waals surface area contributed by atoms with Gasteiger partial charge in [0.1, 0.15) is 0 Å². The van der Waals surface area contributed by atoms with Crippen molar-refractivity contribution in [1.82, 2.24) is 4.98 Å². The first-order valence-corrected chi connectivity index (χ1v) is 6.82. The van der Waals surface area contributed by atoms with Gasteiger partial charge < -0.3 is 0 Å². The summed E-state index contributed by atoms with van der Waals surface area (Å²) in [6.45, 7) is 0. The average molecular weight is 362 g/mol. The molecule has 7 heteroatoms. The zero-order valence-corrected chi connectivity index (χ0v) is 13.0. The summed E-state index contributed by atoms with van der Waals surface area (Å²) in [7, 11) is 0. The predicted molar refractivity (Wildman–Crippen MR) is 79.7 cm³/mol. The van der Waals surface area contributed by atoms with Crippen LogP contribution in [0.3, 0.4) is 0 Å². The van der Waals surface area contributed by atoms with Gasteiger partial charge in [0.15, 0.2) is 0 Å². The number of aromatic nitrogens is 1. The number of pyridine rings is 1. The molecule has 0 unspecified atom stereocenters. The fourth-order valence-electron chi connectivity index (χ4n) is 1.41. The van der Waals surface area contributed by atoms with Crippen LogP contribution in [0.4, 0.5) is 0 Å². The normalized spacial score (nSPS) is 10.8. The third kappa shape index (κ3) is 2.53. The standard InChI is InChI=1S/C11H3Cl6N/c12-5-1-4(2-18-3-5)6-7(13)9(15)11(17)10(16)8(6)14/h1-3H. The van der Waals surface area contributed by atoms with Crippen LogP contribution in [0.15, 0.2) is 18.5 Å². The van der Waals surface area contributed by atoms with Gasteiger partial charge >= 0.3 is 0 Å². The first-order valence-electron chi connectivity index (χ1n) is 4.55. The number of nitrogens with zero attached hydrogens (tertiary/aromatic N) is 1. The minimum absolute atomic E-state index is 0.118. The van der Waals surface area contributed by atoms with Crippen LogP contribution in [0.25, 0.3) is 11.1 Å². The van der Waals surface area contributed by atoms with Crippen LogP contribution in [0.2, 0.25) is 30.1 Å². The SMILES string of the molecule is Clc1cncc(-c2c(Cl)c(Cl)c(Cl)c(Cl)c2Cl)c1. The van der Waals surface area contributed by atoms with E-state index in [1.807, 2.05) is 0 Å². The number of hydrogen-bond donors (Lipinski definition) is 0. The summed E-state index contributed by atoms with van der Waals surface area (Å²) in [5, 5.41) is 1.26. The van der Waals surface area contributed by atoms with E-state index in [0.717, 1.165) is 0 Å². The van der Waals surface area contributed by atoms with Crippen LogP contribution in [0.1, 0.15) is 0 Å². The largest absolute Gasteiger partial charge is 0.263 e. The molecule has 18 heavy (non-hydrogen) atoms. The van der Waals surface area contributed by atoms with Crippen LogP contribution in [-0.2, 0) is 0 Å². The molecule has 0 saturated heterocycles. The smallest absolute Gasteiger partial charge is 0.0809 e. The Morgan fingerprint density at radius 1 is 0.667 bits per heavy atom. The molecule has 2 aromatic rings. The van der Waals surface area contributed by atoms with Crippen LogP contribution in [0.5, 0.6) is 0 Å². The number of benzene rings is 1. The van der Waals surface area contributed by atoms with E-state index >= 15 is 0 Å². The topological polar surface area (TPSA) is 12.9 Å². The molecule has 0 saturated carbocycles. The number of hydrogen-bond acceptors (Lipinski definition) is 1. The molecule has 1 nitrogen and oxygen atoms in total. The molecule has 0 amide bonds. The van der Waals surface area contributed by atoms with E-state index in [1.165, 1.54) is 6.20 Å². The summed E-state index contributed by atoms with van der Waals surface area (Å²) < 4.78 is 0. The molecular weight excluding hydrogens is 359 g/mol. The first kappa shape index (κ1) is 14.5. The van der Waals surface area contributed by atoms with E-state index in [2.05, 4.69) is 4.98 Å². The van der Waals surface area contributed by atoms with Crippen molar-refractivity contribution in [2.45, 2.75) is 0 Å². The van der Waals surface area contributed by atoms with Crippen molar-refractivity contribution in [1.29, 1.82) is 0 Å². The fraction of sp³-hybridized carbons (Fsp3) is 0. The molecule has 1 aromatic carbocycles. The van der Waals surface area contributed by atoms with Crippen LogP contribution in [0, 0.1) is 0 Å². The highest BCUT2D eigenvalue weighted by Gasteiger charge is 2.20. The van der Waals surface area contributed by atoms with Gasteiger partial charge in [-0.15, -0.1) is 0 Å². The van der Waals surface area contributed by atoms with Gasteiger partial charge in [-0.2, -0.15) is 0 Å². The van der Waals surface area contributed by atoms with Gasteiger partial charge in [-0.25, -0.2) is 0 Å². The van der Waals surface area contributed by atoms with Gasteiger partial charge in [-0.05, 0) is 6.07 Å². The van der Waals surface area contributed by atoms with Crippen molar-refractivity contribution in [3.8, 4) is 11.1 Å². The summed E-state index contributed by atoms with van der Waals surface area (Å²) >= 11 is 36.0. The van der Waals surface area contributed by atoms with Gasteiger partial charge in [0.25, 0.3) is 0 Å². The van der Waals surface area contributed by atoms with E-state index in [9.17, 15) is 0 Å². The van der Waals surface area contributed by atoms with Crippen molar-refractivity contribution in [2.24, 2.45) is 0 Å². The molecule has 1 aromatic heterocycles. The molecule has 0 N–H and O–H groups in total. The molecule has 1 heterocycles. The van der Waals surface area contributed by atoms with Gasteiger partial charge in [0.05, 0.1) is 30.1 Å². The second-order valence-corrected chi connectivity index (χ2v) is 5.66. The second kappa shape index (κ2) is 5.62. The Hall–Kier alpha value is 0.110. The zero-order valence-electron chi connectivity index (χ0n) is 8.45. The molecule has 0 spiro atoms. The zero-order chi connectivity index (χ0) is 13.4. The van der Waals surface area contributed by atoms with Crippen molar-refractivity contribution in [2.75, 3.05) is 0 Å². The maximum atomic E-state index is 6.13. The summed E-state index contributed by atoms with van der Waals surface area (Å²) in [5.74, 6) is 0. The van der Waals surface area contributed by atoms with E-state index < -0.39 is 0 Å². The minimum Gasteiger partial charge on any atom is -0.263 e. The lowest BCUT2D eigenvalue weighted by molar-refractivity contribution is 1.33. The molecular formula is C11H3Cl6N. The van der Waals surface area contributed by atoms with Crippen molar-refractivity contribution in [3.63, 3.8) is 0 Å². The van der Waals surface area contributed by atoms with Gasteiger partial charge in [0, 0.05) is 23.5 Å². The molecule has 0 atom stereocenters. The Morgan fingerprint density at radius 3 is 1.67 bits per heavy atom. The molecule has 2 rings (SSSR count). The highest BCUT2D eigenvalue weighted by atomic mass is 35.5. The average Bonchev–Trinajstić information content (AvgIpc) is 2.34. The van der Waals surface area contributed by atoms with Crippen molar-refractivity contribution in [3.05, 3.63) is 48.6 Å². The first-order chi connectivity index (χ1) is 8.43. The van der Waals surface area contributed by atoms with Gasteiger partial charge in [0.2, 0.25) is 0 Å². The summed E-state index contributed by atoms with van der Waals surface area (Å²) in [6, 6.07) is 1.65. The minimum atomic E-state index is 0.118. The van der Waals surface area contributed by atoms with Crippen molar-refractivity contribution < 1.29 is 0 Å². The monoisotopic (exact) mass is 359 g/mol. The molecule has 0 aliphatic rings. The summed E-state index contributed by atoms with van der Waals surface area (Å²) in [4.78, 5) is 3.96. The lowest BCUT2D eigenvalue weighted by Crippen LogP contribution is -1.87. The molecule has 0 radical (unpaired) electrons. The lowest BCUT2D eigenvalue weighted by Gasteiger charge is -2.12. The Kier molecular flexibility index (Phi) is 4.53. The van der Waals surface area contributed by atoms with Crippen molar-refractivity contribution >= 4 is 69.6 Å². The fourth-order valence-corrected chi connectivity index (χ4v) is 2.94. The second-order valence-electron chi connectivity index (χ2n) is 3.34. The molecule has 0 bridgehead atoms. The Bertz CT molecular complexity index is 596. The Balaban J connectivity index is 2.80. The van der Waals surface area contributed by atoms with E-state index in [0.29, 0.717) is 16.1 Å². The van der Waals surface area contributed by atoms with Gasteiger partial charge in [-0.1, -0.05) is 69.6 Å². The molecule has 0 aliphatic carbocycles. The van der Waals surface area contributed by atoms with E-state index in [-0.39, 0.29) is 25.1 Å². The lowest BCUT2D eigenvalue weighted by atomic mass is 10.1. The predicted octanol–water partition coefficient (Wildman–Crippen LogP) is 6.67. The Labute approximate surface area is 134 Å². The summed E-state index contributed by atoms with van der Waals surface area (Å²) in [5.41, 5.74) is 1.06. The number of halogens is 6. The maximum Gasteiger partial charge on any atom is 0.0809 e. The maximum absolute atomic E-state index is 6.13. The highest BCUT2D eigenvalue weighted by Crippen LogP contribution is 2.48. The molecule has 0 fully saturated rings. The van der Waals surface area contributed by atoms with Gasteiger partial charge in [-0.3, -0.25) is 4.98 Å². The quantitative estimate of drug-likeness (QED) is 0.408. The molecule has 0 aliphatic heterocycles. The summed E-state index contributed by atoms with van der Waals surface area (Å²) in [6.07, 6.45) is 3.05. The Morgan fingerprint density at radius 2 is 1.17 bits per heavy atom. The highest BCUT2D eigenvalue weighted by molar-refractivity contribution is 6.56. The number of rotatable bonds is 1. The van der Waals surface area contributed by atoms with E-state index in [4.69, 9.17) is 69.6 Å². The third-order valence-corrected chi connectivity index (χ3v) is 4.69. The van der Waals surface area contributed by atoms with E-state index in [1.54, 1.807) is 12.3 Å². The van der Waals surface area contributed by atoms with Crippen LogP contribution in [-0.4, -0.2) is 4.98 Å². The third-order valence-electron chi connectivity index (χ3n) is 2.20. The molecule has 94 valence electrons. The van der Waals surface area contributed by atoms with Crippen LogP contribution < -0.4 is 0 Å².